The molecule has 0 unspecified atom stereocenters. The number of hydrogen-bond acceptors (Lipinski definition) is 2. The summed E-state index contributed by atoms with van der Waals surface area (Å²) in [7, 11) is 1.48. The minimum Gasteiger partial charge on any atom is -0.495 e. The number of aryl methyl sites for hydroxylation is 1. The van der Waals surface area contributed by atoms with Gasteiger partial charge in [-0.15, -0.1) is 0 Å². The zero-order valence-electron chi connectivity index (χ0n) is 8.60. The third-order valence-electron chi connectivity index (χ3n) is 2.75. The maximum Gasteiger partial charge on any atom is 0.142 e. The first kappa shape index (κ1) is 10.9. The minimum atomic E-state index is -1.02. The van der Waals surface area contributed by atoms with E-state index >= 15 is 0 Å². The number of halogens is 2. The topological polar surface area (TPSA) is 29.5 Å². The SMILES string of the molecule is COc1c(Br)cc(C)c(F)c1C1(O)CC1. The number of ether oxygens (including phenoxy) is 1. The molecule has 15 heavy (non-hydrogen) atoms. The third kappa shape index (κ3) is 1.66. The Kier molecular flexibility index (Phi) is 2.51. The van der Waals surface area contributed by atoms with Gasteiger partial charge in [-0.3, -0.25) is 0 Å². The molecule has 0 aromatic heterocycles. The van der Waals surface area contributed by atoms with Gasteiger partial charge in [-0.05, 0) is 47.3 Å². The third-order valence-corrected chi connectivity index (χ3v) is 3.34. The van der Waals surface area contributed by atoms with E-state index in [9.17, 15) is 9.50 Å². The van der Waals surface area contributed by atoms with Gasteiger partial charge in [0.15, 0.2) is 0 Å². The van der Waals surface area contributed by atoms with Crippen LogP contribution in [0.2, 0.25) is 0 Å². The lowest BCUT2D eigenvalue weighted by Crippen LogP contribution is -2.11. The molecule has 1 aliphatic rings. The molecule has 1 aromatic carbocycles. The fourth-order valence-electron chi connectivity index (χ4n) is 1.72. The molecule has 1 N–H and O–H groups in total. The molecule has 0 bridgehead atoms. The van der Waals surface area contributed by atoms with Crippen LogP contribution in [0, 0.1) is 12.7 Å². The molecule has 2 nitrogen and oxygen atoms in total. The van der Waals surface area contributed by atoms with Gasteiger partial charge in [0.1, 0.15) is 11.6 Å². The predicted molar refractivity (Wildman–Crippen MR) is 58.5 cm³/mol. The van der Waals surface area contributed by atoms with Crippen LogP contribution in [0.3, 0.4) is 0 Å². The van der Waals surface area contributed by atoms with Crippen LogP contribution in [0.25, 0.3) is 0 Å². The Hall–Kier alpha value is -0.610. The summed E-state index contributed by atoms with van der Waals surface area (Å²) in [5, 5.41) is 10.0. The van der Waals surface area contributed by atoms with Crippen molar-refractivity contribution in [2.75, 3.05) is 7.11 Å². The van der Waals surface area contributed by atoms with E-state index in [0.717, 1.165) is 0 Å². The fourth-order valence-corrected chi connectivity index (χ4v) is 2.42. The minimum absolute atomic E-state index is 0.289. The second-order valence-electron chi connectivity index (χ2n) is 3.93. The summed E-state index contributed by atoms with van der Waals surface area (Å²) in [4.78, 5) is 0. The molecular weight excluding hydrogens is 263 g/mol. The molecule has 82 valence electrons. The average Bonchev–Trinajstić information content (AvgIpc) is 2.90. The van der Waals surface area contributed by atoms with Crippen LogP contribution in [-0.2, 0) is 5.60 Å². The van der Waals surface area contributed by atoms with E-state index in [0.29, 0.717) is 28.6 Å². The number of aliphatic hydroxyl groups is 1. The van der Waals surface area contributed by atoms with Gasteiger partial charge in [0.2, 0.25) is 0 Å². The van der Waals surface area contributed by atoms with Crippen molar-refractivity contribution in [3.63, 3.8) is 0 Å². The van der Waals surface area contributed by atoms with Gasteiger partial charge in [0.25, 0.3) is 0 Å². The Balaban J connectivity index is 2.68. The monoisotopic (exact) mass is 274 g/mol. The molecule has 2 rings (SSSR count). The van der Waals surface area contributed by atoms with E-state index in [4.69, 9.17) is 4.74 Å². The molecule has 0 atom stereocenters. The van der Waals surface area contributed by atoms with E-state index in [2.05, 4.69) is 15.9 Å². The molecular formula is C11H12BrFO2. The molecule has 0 aliphatic heterocycles. The van der Waals surface area contributed by atoms with Gasteiger partial charge in [0.05, 0.1) is 22.7 Å². The molecule has 0 saturated heterocycles. The molecule has 0 radical (unpaired) electrons. The molecule has 1 aliphatic carbocycles. The van der Waals surface area contributed by atoms with Crippen molar-refractivity contribution in [2.45, 2.75) is 25.4 Å². The van der Waals surface area contributed by atoms with Crippen LogP contribution in [0.15, 0.2) is 10.5 Å². The summed E-state index contributed by atoms with van der Waals surface area (Å²) in [6.07, 6.45) is 1.19. The van der Waals surface area contributed by atoms with Gasteiger partial charge >= 0.3 is 0 Å². The zero-order valence-corrected chi connectivity index (χ0v) is 10.2. The fraction of sp³-hybridized carbons (Fsp3) is 0.455. The van der Waals surface area contributed by atoms with Gasteiger partial charge in [-0.25, -0.2) is 4.39 Å². The standard InChI is InChI=1S/C11H12BrFO2/c1-6-5-7(12)10(15-2)8(9(6)13)11(14)3-4-11/h5,14H,3-4H2,1-2H3. The van der Waals surface area contributed by atoms with Crippen molar-refractivity contribution >= 4 is 15.9 Å². The highest BCUT2D eigenvalue weighted by molar-refractivity contribution is 9.10. The maximum absolute atomic E-state index is 13.9. The van der Waals surface area contributed by atoms with E-state index in [1.54, 1.807) is 13.0 Å². The lowest BCUT2D eigenvalue weighted by atomic mass is 10.0. The molecule has 1 fully saturated rings. The van der Waals surface area contributed by atoms with Crippen LogP contribution in [-0.4, -0.2) is 12.2 Å². The Morgan fingerprint density at radius 1 is 1.53 bits per heavy atom. The summed E-state index contributed by atoms with van der Waals surface area (Å²) < 4.78 is 19.7. The van der Waals surface area contributed by atoms with Crippen LogP contribution in [0.5, 0.6) is 5.75 Å². The van der Waals surface area contributed by atoms with Gasteiger partial charge in [0, 0.05) is 0 Å². The Bertz CT molecular complexity index is 414. The van der Waals surface area contributed by atoms with E-state index < -0.39 is 5.60 Å². The smallest absolute Gasteiger partial charge is 0.142 e. The van der Waals surface area contributed by atoms with Crippen molar-refractivity contribution in [1.29, 1.82) is 0 Å². The quantitative estimate of drug-likeness (QED) is 0.899. The summed E-state index contributed by atoms with van der Waals surface area (Å²) in [5.41, 5.74) is -0.223. The second kappa shape index (κ2) is 3.46. The van der Waals surface area contributed by atoms with Crippen molar-refractivity contribution in [2.24, 2.45) is 0 Å². The van der Waals surface area contributed by atoms with Gasteiger partial charge < -0.3 is 9.84 Å². The largest absolute Gasteiger partial charge is 0.495 e. The molecule has 0 spiro atoms. The normalized spacial score (nSPS) is 17.7. The van der Waals surface area contributed by atoms with E-state index in [1.165, 1.54) is 7.11 Å². The van der Waals surface area contributed by atoms with Crippen LogP contribution >= 0.6 is 15.9 Å². The molecule has 0 heterocycles. The van der Waals surface area contributed by atoms with Gasteiger partial charge in [-0.1, -0.05) is 0 Å². The average molecular weight is 275 g/mol. The summed E-state index contributed by atoms with van der Waals surface area (Å²) in [6, 6.07) is 1.66. The Labute approximate surface area is 96.2 Å². The predicted octanol–water partition coefficient (Wildman–Crippen LogP) is 2.89. The summed E-state index contributed by atoms with van der Waals surface area (Å²) in [6.45, 7) is 1.68. The maximum atomic E-state index is 13.9. The highest BCUT2D eigenvalue weighted by Crippen LogP contribution is 2.52. The molecule has 1 aromatic rings. The van der Waals surface area contributed by atoms with Crippen molar-refractivity contribution in [3.05, 3.63) is 27.5 Å². The Morgan fingerprint density at radius 2 is 2.13 bits per heavy atom. The van der Waals surface area contributed by atoms with Crippen molar-refractivity contribution in [1.82, 2.24) is 0 Å². The van der Waals surface area contributed by atoms with E-state index in [-0.39, 0.29) is 11.4 Å². The second-order valence-corrected chi connectivity index (χ2v) is 4.78. The first-order valence-corrected chi connectivity index (χ1v) is 5.54. The Morgan fingerprint density at radius 3 is 2.60 bits per heavy atom. The number of methoxy groups -OCH3 is 1. The van der Waals surface area contributed by atoms with Crippen molar-refractivity contribution in [3.8, 4) is 5.75 Å². The van der Waals surface area contributed by atoms with Crippen LogP contribution in [0.1, 0.15) is 24.0 Å². The molecule has 1 saturated carbocycles. The first-order valence-electron chi connectivity index (χ1n) is 4.75. The number of benzene rings is 1. The van der Waals surface area contributed by atoms with Gasteiger partial charge in [-0.2, -0.15) is 0 Å². The first-order chi connectivity index (χ1) is 6.99. The molecule has 4 heteroatoms. The summed E-state index contributed by atoms with van der Waals surface area (Å²) in [5.74, 6) is 0.0353. The number of hydrogen-bond donors (Lipinski definition) is 1. The van der Waals surface area contributed by atoms with Crippen LogP contribution < -0.4 is 4.74 Å². The lowest BCUT2D eigenvalue weighted by Gasteiger charge is -2.17. The van der Waals surface area contributed by atoms with E-state index in [1.807, 2.05) is 0 Å². The summed E-state index contributed by atoms with van der Waals surface area (Å²) >= 11 is 3.31. The van der Waals surface area contributed by atoms with Crippen LogP contribution in [0.4, 0.5) is 4.39 Å². The molecule has 0 amide bonds. The lowest BCUT2D eigenvalue weighted by molar-refractivity contribution is 0.142. The highest BCUT2D eigenvalue weighted by Gasteiger charge is 2.47. The van der Waals surface area contributed by atoms with Crippen molar-refractivity contribution < 1.29 is 14.2 Å². The zero-order chi connectivity index (χ0) is 11.2. The highest BCUT2D eigenvalue weighted by atomic mass is 79.9. The number of rotatable bonds is 2.